The van der Waals surface area contributed by atoms with Crippen molar-refractivity contribution in [3.63, 3.8) is 0 Å². The third-order valence-electron chi connectivity index (χ3n) is 6.38. The number of nitrogens with one attached hydrogen (secondary N) is 1. The molecule has 2 unspecified atom stereocenters. The third-order valence-corrected chi connectivity index (χ3v) is 7.14. The fourth-order valence-electron chi connectivity index (χ4n) is 4.88. The average Bonchev–Trinajstić information content (AvgIpc) is 3.44. The molecule has 0 radical (unpaired) electrons. The average molecular weight is 410 g/mol. The molecule has 3 amide bonds. The number of likely N-dealkylation sites (tertiary alicyclic amines) is 1. The molecule has 1 N–H and O–H groups in total. The van der Waals surface area contributed by atoms with Crippen LogP contribution in [0.2, 0.25) is 0 Å². The molecule has 150 valence electrons. The Hall–Kier alpha value is -2.54. The summed E-state index contributed by atoms with van der Waals surface area (Å²) in [5.41, 5.74) is 4.68. The molecule has 2 aromatic rings. The number of thiazole rings is 1. The van der Waals surface area contributed by atoms with Crippen molar-refractivity contribution in [2.24, 2.45) is 11.8 Å². The Kier molecular flexibility index (Phi) is 4.70. The number of hydrogen-bond acceptors (Lipinski definition) is 5. The minimum atomic E-state index is -0.375. The summed E-state index contributed by atoms with van der Waals surface area (Å²) >= 11 is 1.35. The van der Waals surface area contributed by atoms with Gasteiger partial charge in [-0.05, 0) is 49.3 Å². The van der Waals surface area contributed by atoms with Crippen molar-refractivity contribution in [1.82, 2.24) is 9.88 Å². The van der Waals surface area contributed by atoms with Crippen LogP contribution in [-0.4, -0.2) is 34.2 Å². The van der Waals surface area contributed by atoms with E-state index in [2.05, 4.69) is 28.5 Å². The molecule has 1 aliphatic heterocycles. The number of anilines is 1. The molecule has 2 atom stereocenters. The van der Waals surface area contributed by atoms with Gasteiger partial charge < -0.3 is 5.32 Å². The first kappa shape index (κ1) is 18.5. The van der Waals surface area contributed by atoms with Gasteiger partial charge in [0, 0.05) is 10.9 Å². The van der Waals surface area contributed by atoms with Gasteiger partial charge in [0.25, 0.3) is 0 Å². The molecule has 3 aliphatic rings. The molecule has 0 bridgehead atoms. The van der Waals surface area contributed by atoms with E-state index < -0.39 is 0 Å². The number of hydrogen-bond donors (Lipinski definition) is 1. The lowest BCUT2D eigenvalue weighted by molar-refractivity contribution is -0.142. The van der Waals surface area contributed by atoms with Crippen LogP contribution in [0.3, 0.4) is 0 Å². The van der Waals surface area contributed by atoms with Gasteiger partial charge in [0.15, 0.2) is 5.13 Å². The normalized spacial score (nSPS) is 23.2. The highest BCUT2D eigenvalue weighted by molar-refractivity contribution is 7.14. The molecular weight excluding hydrogens is 386 g/mol. The van der Waals surface area contributed by atoms with Gasteiger partial charge in [-0.1, -0.05) is 25.0 Å². The molecule has 7 heteroatoms. The van der Waals surface area contributed by atoms with Gasteiger partial charge in [-0.25, -0.2) is 4.98 Å². The van der Waals surface area contributed by atoms with Crippen molar-refractivity contribution < 1.29 is 14.4 Å². The zero-order valence-electron chi connectivity index (χ0n) is 16.1. The van der Waals surface area contributed by atoms with Crippen molar-refractivity contribution in [3.8, 4) is 11.3 Å². The van der Waals surface area contributed by atoms with E-state index in [0.717, 1.165) is 54.7 Å². The van der Waals surface area contributed by atoms with E-state index in [4.69, 9.17) is 0 Å². The smallest absolute Gasteiger partial charge is 0.246 e. The molecule has 2 fully saturated rings. The Morgan fingerprint density at radius 3 is 2.55 bits per heavy atom. The fraction of sp³-hybridized carbons (Fsp3) is 0.455. The highest BCUT2D eigenvalue weighted by Gasteiger charge is 2.48. The minimum Gasteiger partial charge on any atom is -0.300 e. The van der Waals surface area contributed by atoms with E-state index >= 15 is 0 Å². The molecule has 2 aliphatic carbocycles. The summed E-state index contributed by atoms with van der Waals surface area (Å²) in [6.07, 6.45) is 6.91. The summed E-state index contributed by atoms with van der Waals surface area (Å²) in [6.45, 7) is -0.224. The first-order valence-electron chi connectivity index (χ1n) is 10.3. The van der Waals surface area contributed by atoms with Crippen LogP contribution in [0.1, 0.15) is 43.2 Å². The summed E-state index contributed by atoms with van der Waals surface area (Å²) in [6, 6.07) is 6.43. The van der Waals surface area contributed by atoms with E-state index in [1.54, 1.807) is 0 Å². The maximum absolute atomic E-state index is 12.5. The van der Waals surface area contributed by atoms with Crippen molar-refractivity contribution in [2.45, 2.75) is 44.9 Å². The predicted octanol–water partition coefficient (Wildman–Crippen LogP) is 3.41. The van der Waals surface area contributed by atoms with E-state index in [1.165, 1.54) is 28.9 Å². The van der Waals surface area contributed by atoms with Crippen LogP contribution in [0, 0.1) is 11.8 Å². The number of carbonyl (C=O) groups excluding carboxylic acids is 3. The van der Waals surface area contributed by atoms with Gasteiger partial charge in [-0.2, -0.15) is 0 Å². The third kappa shape index (κ3) is 3.37. The molecule has 1 saturated heterocycles. The fourth-order valence-corrected chi connectivity index (χ4v) is 5.62. The molecule has 6 nitrogen and oxygen atoms in total. The topological polar surface area (TPSA) is 79.4 Å². The largest absolute Gasteiger partial charge is 0.300 e. The van der Waals surface area contributed by atoms with Crippen LogP contribution in [0.5, 0.6) is 0 Å². The summed E-state index contributed by atoms with van der Waals surface area (Å²) < 4.78 is 0. The van der Waals surface area contributed by atoms with Gasteiger partial charge in [0.1, 0.15) is 6.54 Å². The lowest BCUT2D eigenvalue weighted by Crippen LogP contribution is -2.38. The zero-order valence-corrected chi connectivity index (χ0v) is 17.0. The Morgan fingerprint density at radius 1 is 1.07 bits per heavy atom. The van der Waals surface area contributed by atoms with Crippen molar-refractivity contribution in [2.75, 3.05) is 11.9 Å². The number of aromatic nitrogens is 1. The molecule has 2 heterocycles. The number of nitrogens with zero attached hydrogens (tertiary/aromatic N) is 2. The molecular formula is C22H23N3O3S. The van der Waals surface area contributed by atoms with Crippen LogP contribution in [0.4, 0.5) is 5.13 Å². The van der Waals surface area contributed by atoms with Gasteiger partial charge >= 0.3 is 0 Å². The van der Waals surface area contributed by atoms with E-state index in [1.807, 2.05) is 5.38 Å². The van der Waals surface area contributed by atoms with Crippen LogP contribution in [0.15, 0.2) is 23.6 Å². The Balaban J connectivity index is 1.25. The number of benzene rings is 1. The van der Waals surface area contributed by atoms with Crippen molar-refractivity contribution in [3.05, 3.63) is 34.7 Å². The Bertz CT molecular complexity index is 975. The second-order valence-corrected chi connectivity index (χ2v) is 9.04. The first-order valence-corrected chi connectivity index (χ1v) is 11.2. The molecule has 1 aromatic carbocycles. The molecule has 1 aromatic heterocycles. The van der Waals surface area contributed by atoms with Crippen molar-refractivity contribution in [1.29, 1.82) is 0 Å². The predicted molar refractivity (Wildman–Crippen MR) is 110 cm³/mol. The summed E-state index contributed by atoms with van der Waals surface area (Å²) in [5.74, 6) is -1.20. The number of carbonyl (C=O) groups is 3. The number of fused-ring (bicyclic) bond motifs is 2. The standard InChI is InChI=1S/C22H23N3O3S/c26-19(11-25-20(27)16-6-1-2-7-17(16)21(25)28)24-22-23-18(12-29-22)15-9-8-13-4-3-5-14(13)10-15/h8-10,12,16-17H,1-7,11H2,(H,23,24,26). The lowest BCUT2D eigenvalue weighted by Gasteiger charge is -2.19. The van der Waals surface area contributed by atoms with Gasteiger partial charge in [-0.3, -0.25) is 19.3 Å². The Morgan fingerprint density at radius 2 is 1.79 bits per heavy atom. The van der Waals surface area contributed by atoms with E-state index in [9.17, 15) is 14.4 Å². The quantitative estimate of drug-likeness (QED) is 0.785. The van der Waals surface area contributed by atoms with Crippen LogP contribution < -0.4 is 5.32 Å². The molecule has 1 saturated carbocycles. The number of rotatable bonds is 4. The van der Waals surface area contributed by atoms with Gasteiger partial charge in [0.2, 0.25) is 17.7 Å². The van der Waals surface area contributed by atoms with Gasteiger partial charge in [0.05, 0.1) is 17.5 Å². The number of imide groups is 1. The highest BCUT2D eigenvalue weighted by Crippen LogP contribution is 2.38. The van der Waals surface area contributed by atoms with Crippen LogP contribution >= 0.6 is 11.3 Å². The maximum atomic E-state index is 12.5. The summed E-state index contributed by atoms with van der Waals surface area (Å²) in [4.78, 5) is 43.2. The highest BCUT2D eigenvalue weighted by atomic mass is 32.1. The van der Waals surface area contributed by atoms with E-state index in [-0.39, 0.29) is 36.1 Å². The van der Waals surface area contributed by atoms with Crippen molar-refractivity contribution >= 4 is 34.2 Å². The zero-order chi connectivity index (χ0) is 20.0. The second kappa shape index (κ2) is 7.37. The summed E-state index contributed by atoms with van der Waals surface area (Å²) in [5, 5.41) is 5.17. The van der Waals surface area contributed by atoms with Crippen LogP contribution in [-0.2, 0) is 27.2 Å². The Labute approximate surface area is 173 Å². The molecule has 0 spiro atoms. The molecule has 5 rings (SSSR count). The van der Waals surface area contributed by atoms with Crippen LogP contribution in [0.25, 0.3) is 11.3 Å². The lowest BCUT2D eigenvalue weighted by atomic mass is 9.81. The molecule has 29 heavy (non-hydrogen) atoms. The van der Waals surface area contributed by atoms with Gasteiger partial charge in [-0.15, -0.1) is 11.3 Å². The first-order chi connectivity index (χ1) is 14.1. The summed E-state index contributed by atoms with van der Waals surface area (Å²) in [7, 11) is 0. The van der Waals surface area contributed by atoms with E-state index in [0.29, 0.717) is 5.13 Å². The number of amides is 3. The SMILES string of the molecule is O=C(CN1C(=O)C2CCCCC2C1=O)Nc1nc(-c2ccc3c(c2)CCC3)cs1. The number of aryl methyl sites for hydroxylation is 2. The second-order valence-electron chi connectivity index (χ2n) is 8.18. The minimum absolute atomic E-state index is 0.187. The maximum Gasteiger partial charge on any atom is 0.246 e. The monoisotopic (exact) mass is 409 g/mol.